The fourth-order valence-corrected chi connectivity index (χ4v) is 3.36. The number of amides is 1. The minimum atomic E-state index is 0.156. The minimum Gasteiger partial charge on any atom is -0.338 e. The van der Waals surface area contributed by atoms with Crippen molar-refractivity contribution in [3.63, 3.8) is 0 Å². The Morgan fingerprint density at radius 1 is 1.42 bits per heavy atom. The number of hydrogen-bond donors (Lipinski definition) is 0. The van der Waals surface area contributed by atoms with Crippen LogP contribution in [0.4, 0.5) is 0 Å². The maximum atomic E-state index is 12.2. The largest absolute Gasteiger partial charge is 0.338 e. The summed E-state index contributed by atoms with van der Waals surface area (Å²) in [5, 5.41) is 0. The summed E-state index contributed by atoms with van der Waals surface area (Å²) in [6.07, 6.45) is 0. The first kappa shape index (κ1) is 16.4. The lowest BCUT2D eigenvalue weighted by Crippen LogP contribution is -2.39. The molecule has 0 unspecified atom stereocenters. The van der Waals surface area contributed by atoms with Crippen LogP contribution in [0.1, 0.15) is 18.7 Å². The van der Waals surface area contributed by atoms with Crippen LogP contribution in [0.3, 0.4) is 0 Å². The van der Waals surface area contributed by atoms with Gasteiger partial charge < -0.3 is 4.90 Å². The molecule has 1 rings (SSSR count). The van der Waals surface area contributed by atoms with Crippen molar-refractivity contribution in [2.45, 2.75) is 20.4 Å². The SMILES string of the molecule is C=C(C)CN(CC)C(=O)CN(C)Cc1ccc(Br)s1. The van der Waals surface area contributed by atoms with Gasteiger partial charge in [-0.05, 0) is 49.0 Å². The Hall–Kier alpha value is -0.650. The van der Waals surface area contributed by atoms with Crippen molar-refractivity contribution in [2.75, 3.05) is 26.7 Å². The van der Waals surface area contributed by atoms with Crippen LogP contribution in [-0.2, 0) is 11.3 Å². The van der Waals surface area contributed by atoms with Gasteiger partial charge in [0.05, 0.1) is 10.3 Å². The summed E-state index contributed by atoms with van der Waals surface area (Å²) in [5.74, 6) is 0.156. The van der Waals surface area contributed by atoms with Crippen LogP contribution < -0.4 is 0 Å². The number of rotatable bonds is 7. The second kappa shape index (κ2) is 7.82. The molecule has 0 bridgehead atoms. The molecule has 106 valence electrons. The number of likely N-dealkylation sites (N-methyl/N-ethyl adjacent to an activating group) is 2. The Morgan fingerprint density at radius 2 is 2.11 bits per heavy atom. The molecule has 1 aromatic heterocycles. The zero-order chi connectivity index (χ0) is 14.4. The molecule has 5 heteroatoms. The second-order valence-electron chi connectivity index (χ2n) is 4.74. The van der Waals surface area contributed by atoms with Crippen molar-refractivity contribution in [2.24, 2.45) is 0 Å². The minimum absolute atomic E-state index is 0.156. The lowest BCUT2D eigenvalue weighted by molar-refractivity contribution is -0.131. The Balaban J connectivity index is 2.48. The topological polar surface area (TPSA) is 23.6 Å². The van der Waals surface area contributed by atoms with E-state index in [9.17, 15) is 4.79 Å². The van der Waals surface area contributed by atoms with Crippen LogP contribution in [0.2, 0.25) is 0 Å². The predicted octanol–water partition coefficient (Wildman–Crippen LogP) is 3.37. The van der Waals surface area contributed by atoms with Crippen LogP contribution in [0.5, 0.6) is 0 Å². The summed E-state index contributed by atoms with van der Waals surface area (Å²) in [7, 11) is 1.97. The van der Waals surface area contributed by atoms with Crippen LogP contribution in [-0.4, -0.2) is 42.4 Å². The van der Waals surface area contributed by atoms with E-state index in [1.165, 1.54) is 4.88 Å². The molecular formula is C14H21BrN2OS. The molecule has 1 aromatic rings. The van der Waals surface area contributed by atoms with Crippen molar-refractivity contribution in [1.29, 1.82) is 0 Å². The molecule has 0 saturated heterocycles. The first-order valence-corrected chi connectivity index (χ1v) is 7.88. The highest BCUT2D eigenvalue weighted by atomic mass is 79.9. The number of carbonyl (C=O) groups excluding carboxylic acids is 1. The third-order valence-electron chi connectivity index (χ3n) is 2.65. The maximum absolute atomic E-state index is 12.2. The average Bonchev–Trinajstić information content (AvgIpc) is 2.70. The molecule has 0 radical (unpaired) electrons. The van der Waals surface area contributed by atoms with Crippen LogP contribution in [0.25, 0.3) is 0 Å². The Morgan fingerprint density at radius 3 is 2.58 bits per heavy atom. The van der Waals surface area contributed by atoms with Crippen LogP contribution in [0.15, 0.2) is 28.1 Å². The van der Waals surface area contributed by atoms with E-state index in [1.807, 2.05) is 36.8 Å². The summed E-state index contributed by atoms with van der Waals surface area (Å²) >= 11 is 5.15. The lowest BCUT2D eigenvalue weighted by Gasteiger charge is -2.24. The summed E-state index contributed by atoms with van der Waals surface area (Å²) in [6, 6.07) is 4.12. The van der Waals surface area contributed by atoms with Crippen molar-refractivity contribution in [3.05, 3.63) is 32.9 Å². The molecule has 0 spiro atoms. The van der Waals surface area contributed by atoms with Crippen molar-refractivity contribution >= 4 is 33.2 Å². The molecule has 0 aliphatic carbocycles. The number of carbonyl (C=O) groups is 1. The quantitative estimate of drug-likeness (QED) is 0.708. The predicted molar refractivity (Wildman–Crippen MR) is 85.4 cm³/mol. The van der Waals surface area contributed by atoms with Gasteiger partial charge in [0, 0.05) is 24.5 Å². The molecule has 1 heterocycles. The van der Waals surface area contributed by atoms with E-state index in [4.69, 9.17) is 0 Å². The van der Waals surface area contributed by atoms with Gasteiger partial charge in [-0.3, -0.25) is 9.69 Å². The molecule has 0 saturated carbocycles. The number of thiophene rings is 1. The Bertz CT molecular complexity index is 444. The van der Waals surface area contributed by atoms with E-state index in [1.54, 1.807) is 11.3 Å². The third-order valence-corrected chi connectivity index (χ3v) is 4.26. The highest BCUT2D eigenvalue weighted by Gasteiger charge is 2.14. The smallest absolute Gasteiger partial charge is 0.237 e. The lowest BCUT2D eigenvalue weighted by atomic mass is 10.3. The van der Waals surface area contributed by atoms with E-state index in [-0.39, 0.29) is 5.91 Å². The van der Waals surface area contributed by atoms with Crippen molar-refractivity contribution in [3.8, 4) is 0 Å². The summed E-state index contributed by atoms with van der Waals surface area (Å²) < 4.78 is 1.12. The monoisotopic (exact) mass is 344 g/mol. The first-order valence-electron chi connectivity index (χ1n) is 6.27. The van der Waals surface area contributed by atoms with Gasteiger partial charge in [-0.1, -0.05) is 12.2 Å². The van der Waals surface area contributed by atoms with Gasteiger partial charge in [0.1, 0.15) is 0 Å². The van der Waals surface area contributed by atoms with E-state index in [2.05, 4.69) is 28.6 Å². The van der Waals surface area contributed by atoms with Gasteiger partial charge in [-0.2, -0.15) is 0 Å². The summed E-state index contributed by atoms with van der Waals surface area (Å²) in [4.78, 5) is 17.3. The van der Waals surface area contributed by atoms with Crippen LogP contribution >= 0.6 is 27.3 Å². The highest BCUT2D eigenvalue weighted by molar-refractivity contribution is 9.11. The van der Waals surface area contributed by atoms with Gasteiger partial charge in [0.15, 0.2) is 0 Å². The van der Waals surface area contributed by atoms with Gasteiger partial charge in [-0.25, -0.2) is 0 Å². The molecule has 0 N–H and O–H groups in total. The number of hydrogen-bond acceptors (Lipinski definition) is 3. The first-order chi connectivity index (χ1) is 8.92. The fraction of sp³-hybridized carbons (Fsp3) is 0.500. The van der Waals surface area contributed by atoms with E-state index < -0.39 is 0 Å². The van der Waals surface area contributed by atoms with Crippen molar-refractivity contribution in [1.82, 2.24) is 9.80 Å². The second-order valence-corrected chi connectivity index (χ2v) is 7.29. The third kappa shape index (κ3) is 5.89. The fourth-order valence-electron chi connectivity index (χ4n) is 1.79. The molecule has 0 atom stereocenters. The summed E-state index contributed by atoms with van der Waals surface area (Å²) in [5.41, 5.74) is 1.01. The van der Waals surface area contributed by atoms with Gasteiger partial charge in [0.25, 0.3) is 0 Å². The van der Waals surface area contributed by atoms with Gasteiger partial charge >= 0.3 is 0 Å². The molecular weight excluding hydrogens is 324 g/mol. The molecule has 3 nitrogen and oxygen atoms in total. The van der Waals surface area contributed by atoms with Gasteiger partial charge in [-0.15, -0.1) is 11.3 Å². The molecule has 1 amide bonds. The van der Waals surface area contributed by atoms with Crippen LogP contribution in [0, 0.1) is 0 Å². The zero-order valence-electron chi connectivity index (χ0n) is 11.8. The molecule has 0 aliphatic heterocycles. The Labute approximate surface area is 128 Å². The normalized spacial score (nSPS) is 10.8. The highest BCUT2D eigenvalue weighted by Crippen LogP contribution is 2.22. The molecule has 0 aromatic carbocycles. The zero-order valence-corrected chi connectivity index (χ0v) is 14.2. The van der Waals surface area contributed by atoms with E-state index in [0.29, 0.717) is 13.1 Å². The van der Waals surface area contributed by atoms with E-state index in [0.717, 1.165) is 22.4 Å². The number of nitrogens with zero attached hydrogens (tertiary/aromatic N) is 2. The van der Waals surface area contributed by atoms with Crippen molar-refractivity contribution < 1.29 is 4.79 Å². The van der Waals surface area contributed by atoms with Gasteiger partial charge in [0.2, 0.25) is 5.91 Å². The molecule has 0 aliphatic rings. The van der Waals surface area contributed by atoms with E-state index >= 15 is 0 Å². The molecule has 19 heavy (non-hydrogen) atoms. The maximum Gasteiger partial charge on any atom is 0.237 e. The Kier molecular flexibility index (Phi) is 6.75. The molecule has 0 fully saturated rings. The number of halogens is 1. The average molecular weight is 345 g/mol. The standard InChI is InChI=1S/C14H21BrN2OS/c1-5-17(8-11(2)3)14(18)10-16(4)9-12-6-7-13(15)19-12/h6-7H,2,5,8-10H2,1,3-4H3. The summed E-state index contributed by atoms with van der Waals surface area (Å²) in [6.45, 7) is 10.4.